The molecule has 0 bridgehead atoms. The van der Waals surface area contributed by atoms with Gasteiger partial charge in [0.25, 0.3) is 5.91 Å². The summed E-state index contributed by atoms with van der Waals surface area (Å²) >= 11 is 3.36. The van der Waals surface area contributed by atoms with E-state index in [0.717, 1.165) is 22.3 Å². The second kappa shape index (κ2) is 12.0. The van der Waals surface area contributed by atoms with Crippen molar-refractivity contribution in [3.05, 3.63) is 51.6 Å². The van der Waals surface area contributed by atoms with Crippen LogP contribution in [0.4, 0.5) is 0 Å². The number of amides is 1. The number of carbonyl (C=O) groups is 1. The number of halogens is 2. The van der Waals surface area contributed by atoms with Crippen molar-refractivity contribution < 1.29 is 9.21 Å². The maximum absolute atomic E-state index is 12.0. The van der Waals surface area contributed by atoms with E-state index in [1.165, 1.54) is 0 Å². The van der Waals surface area contributed by atoms with Crippen LogP contribution in [0.1, 0.15) is 34.1 Å². The van der Waals surface area contributed by atoms with Crippen LogP contribution in [-0.4, -0.2) is 37.0 Å². The number of aryl methyl sites for hydroxylation is 2. The van der Waals surface area contributed by atoms with Crippen molar-refractivity contribution in [3.63, 3.8) is 0 Å². The lowest BCUT2D eigenvalue weighted by Gasteiger charge is -2.11. The Kier molecular flexibility index (Phi) is 10.4. The van der Waals surface area contributed by atoms with Crippen molar-refractivity contribution in [2.45, 2.75) is 26.8 Å². The number of aromatic nitrogens is 1. The molecule has 0 saturated carbocycles. The van der Waals surface area contributed by atoms with E-state index < -0.39 is 0 Å². The van der Waals surface area contributed by atoms with E-state index in [1.54, 1.807) is 19.2 Å². The van der Waals surface area contributed by atoms with Gasteiger partial charge in [0, 0.05) is 30.2 Å². The molecule has 0 unspecified atom stereocenters. The van der Waals surface area contributed by atoms with Crippen LogP contribution in [0.3, 0.4) is 0 Å². The van der Waals surface area contributed by atoms with Gasteiger partial charge in [-0.2, -0.15) is 0 Å². The summed E-state index contributed by atoms with van der Waals surface area (Å²) in [4.78, 5) is 20.5. The topological polar surface area (TPSA) is 91.5 Å². The summed E-state index contributed by atoms with van der Waals surface area (Å²) in [6.07, 6.45) is 0.775. The highest BCUT2D eigenvalue weighted by molar-refractivity contribution is 14.0. The molecule has 148 valence electrons. The van der Waals surface area contributed by atoms with Gasteiger partial charge in [0.05, 0.1) is 12.2 Å². The normalized spacial score (nSPS) is 10.9. The molecule has 1 aromatic carbocycles. The Bertz CT molecular complexity index is 759. The van der Waals surface area contributed by atoms with E-state index in [-0.39, 0.29) is 29.9 Å². The largest absolute Gasteiger partial charge is 0.444 e. The molecule has 0 saturated heterocycles. The Morgan fingerprint density at radius 3 is 2.59 bits per heavy atom. The second-order valence-electron chi connectivity index (χ2n) is 5.72. The fourth-order valence-corrected chi connectivity index (χ4v) is 2.62. The maximum Gasteiger partial charge on any atom is 0.251 e. The van der Waals surface area contributed by atoms with Gasteiger partial charge in [-0.05, 0) is 38.5 Å². The van der Waals surface area contributed by atoms with Gasteiger partial charge in [0.2, 0.25) is 5.89 Å². The Morgan fingerprint density at radius 2 is 1.96 bits per heavy atom. The molecule has 0 aliphatic rings. The maximum atomic E-state index is 12.0. The Labute approximate surface area is 185 Å². The zero-order valence-corrected chi connectivity index (χ0v) is 19.6. The minimum absolute atomic E-state index is 0. The summed E-state index contributed by atoms with van der Waals surface area (Å²) in [5.41, 5.74) is 1.53. The van der Waals surface area contributed by atoms with Crippen LogP contribution in [0.25, 0.3) is 0 Å². The highest BCUT2D eigenvalue weighted by Gasteiger charge is 2.07. The number of rotatable bonds is 7. The third kappa shape index (κ3) is 7.87. The molecule has 3 N–H and O–H groups in total. The second-order valence-corrected chi connectivity index (χ2v) is 6.64. The van der Waals surface area contributed by atoms with Crippen molar-refractivity contribution >= 4 is 51.8 Å². The van der Waals surface area contributed by atoms with E-state index in [4.69, 9.17) is 4.42 Å². The molecule has 2 rings (SSSR count). The van der Waals surface area contributed by atoms with Gasteiger partial charge in [-0.1, -0.05) is 22.0 Å². The quantitative estimate of drug-likeness (QED) is 0.213. The molecule has 2 aromatic rings. The summed E-state index contributed by atoms with van der Waals surface area (Å²) in [6, 6.07) is 7.31. The number of nitrogens with one attached hydrogen (secondary N) is 3. The summed E-state index contributed by atoms with van der Waals surface area (Å²) in [5.74, 6) is 2.04. The number of nitrogens with zero attached hydrogens (tertiary/aromatic N) is 2. The molecule has 1 amide bonds. The molecule has 9 heteroatoms. The summed E-state index contributed by atoms with van der Waals surface area (Å²) in [6.45, 7) is 5.53. The van der Waals surface area contributed by atoms with Crippen molar-refractivity contribution in [1.82, 2.24) is 20.9 Å². The van der Waals surface area contributed by atoms with Gasteiger partial charge in [0.15, 0.2) is 5.96 Å². The number of hydrogen-bond acceptors (Lipinski definition) is 4. The van der Waals surface area contributed by atoms with Gasteiger partial charge < -0.3 is 20.4 Å². The van der Waals surface area contributed by atoms with Crippen LogP contribution in [0, 0.1) is 13.8 Å². The first-order valence-corrected chi connectivity index (χ1v) is 9.20. The molecule has 0 spiro atoms. The lowest BCUT2D eigenvalue weighted by Crippen LogP contribution is -2.38. The molecule has 0 fully saturated rings. The number of carbonyl (C=O) groups excluding carboxylic acids is 1. The predicted octanol–water partition coefficient (Wildman–Crippen LogP) is 3.16. The van der Waals surface area contributed by atoms with Gasteiger partial charge in [-0.3, -0.25) is 9.79 Å². The lowest BCUT2D eigenvalue weighted by atomic mass is 10.2. The van der Waals surface area contributed by atoms with Crippen LogP contribution in [0.15, 0.2) is 38.1 Å². The molecule has 7 nitrogen and oxygen atoms in total. The zero-order chi connectivity index (χ0) is 18.9. The van der Waals surface area contributed by atoms with E-state index >= 15 is 0 Å². The van der Waals surface area contributed by atoms with Crippen molar-refractivity contribution in [1.29, 1.82) is 0 Å². The molecule has 0 aliphatic heterocycles. The van der Waals surface area contributed by atoms with Crippen LogP contribution in [-0.2, 0) is 6.54 Å². The average molecular weight is 550 g/mol. The molecule has 27 heavy (non-hydrogen) atoms. The smallest absolute Gasteiger partial charge is 0.251 e. The number of aliphatic imine (C=N–C) groups is 1. The number of benzene rings is 1. The first kappa shape index (κ1) is 23.4. The first-order valence-electron chi connectivity index (χ1n) is 8.40. The van der Waals surface area contributed by atoms with Gasteiger partial charge >= 0.3 is 0 Å². The lowest BCUT2D eigenvalue weighted by molar-refractivity contribution is 0.0953. The fraction of sp³-hybridized carbons (Fsp3) is 0.389. The van der Waals surface area contributed by atoms with E-state index in [2.05, 4.69) is 41.9 Å². The van der Waals surface area contributed by atoms with Crippen LogP contribution in [0.2, 0.25) is 0 Å². The summed E-state index contributed by atoms with van der Waals surface area (Å²) in [7, 11) is 1.70. The predicted molar refractivity (Wildman–Crippen MR) is 121 cm³/mol. The third-order valence-corrected chi connectivity index (χ3v) is 4.22. The standard InChI is InChI=1S/C18H24BrN5O2.HI/c1-12-13(2)26-16(24-12)11-23-18(20-3)22-9-5-8-21-17(25)14-6-4-7-15(19)10-14;/h4,6-7,10H,5,8-9,11H2,1-3H3,(H,21,25)(H2,20,22,23);1H. The van der Waals surface area contributed by atoms with E-state index in [1.807, 2.05) is 26.0 Å². The Hall–Kier alpha value is -1.62. The van der Waals surface area contributed by atoms with Crippen LogP contribution < -0.4 is 16.0 Å². The van der Waals surface area contributed by atoms with Crippen LogP contribution in [0.5, 0.6) is 0 Å². The molecule has 1 aromatic heterocycles. The monoisotopic (exact) mass is 549 g/mol. The van der Waals surface area contributed by atoms with Gasteiger partial charge in [-0.25, -0.2) is 4.98 Å². The minimum atomic E-state index is -0.0801. The van der Waals surface area contributed by atoms with Crippen LogP contribution >= 0.6 is 39.9 Å². The van der Waals surface area contributed by atoms with Gasteiger partial charge in [-0.15, -0.1) is 24.0 Å². The number of hydrogen-bond donors (Lipinski definition) is 3. The first-order chi connectivity index (χ1) is 12.5. The summed E-state index contributed by atoms with van der Waals surface area (Å²) < 4.78 is 6.41. The average Bonchev–Trinajstić information content (AvgIpc) is 2.95. The van der Waals surface area contributed by atoms with E-state index in [9.17, 15) is 4.79 Å². The molecule has 1 heterocycles. The molecule has 0 aliphatic carbocycles. The molecular formula is C18H25BrIN5O2. The minimum Gasteiger partial charge on any atom is -0.444 e. The van der Waals surface area contributed by atoms with Crippen molar-refractivity contribution in [2.75, 3.05) is 20.1 Å². The Balaban J connectivity index is 0.00000364. The van der Waals surface area contributed by atoms with E-state index in [0.29, 0.717) is 37.0 Å². The van der Waals surface area contributed by atoms with Gasteiger partial charge in [0.1, 0.15) is 5.76 Å². The molecule has 0 radical (unpaired) electrons. The zero-order valence-electron chi connectivity index (χ0n) is 15.6. The fourth-order valence-electron chi connectivity index (χ4n) is 2.22. The molecule has 0 atom stereocenters. The summed E-state index contributed by atoms with van der Waals surface area (Å²) in [5, 5.41) is 9.24. The third-order valence-electron chi connectivity index (χ3n) is 3.72. The number of guanidine groups is 1. The highest BCUT2D eigenvalue weighted by atomic mass is 127. The highest BCUT2D eigenvalue weighted by Crippen LogP contribution is 2.11. The van der Waals surface area contributed by atoms with Crippen molar-refractivity contribution in [2.24, 2.45) is 4.99 Å². The van der Waals surface area contributed by atoms with Crippen molar-refractivity contribution in [3.8, 4) is 0 Å². The number of oxazole rings is 1. The molecular weight excluding hydrogens is 525 g/mol. The Morgan fingerprint density at radius 1 is 1.22 bits per heavy atom. The SMILES string of the molecule is CN=C(NCCCNC(=O)c1cccc(Br)c1)NCc1nc(C)c(C)o1.I.